The van der Waals surface area contributed by atoms with Crippen molar-refractivity contribution in [2.24, 2.45) is 0 Å². The molecule has 1 saturated heterocycles. The quantitative estimate of drug-likeness (QED) is 0.613. The first kappa shape index (κ1) is 9.75. The van der Waals surface area contributed by atoms with Crippen molar-refractivity contribution in [1.29, 1.82) is 0 Å². The smallest absolute Gasteiger partial charge is 0.0902 e. The number of hydrogen-bond donors (Lipinski definition) is 2. The van der Waals surface area contributed by atoms with Crippen molar-refractivity contribution in [2.75, 3.05) is 6.54 Å². The van der Waals surface area contributed by atoms with Gasteiger partial charge in [0, 0.05) is 5.54 Å². The lowest BCUT2D eigenvalue weighted by Crippen LogP contribution is -2.46. The average molecular weight is 169 g/mol. The van der Waals surface area contributed by atoms with Gasteiger partial charge in [0.2, 0.25) is 0 Å². The lowest BCUT2D eigenvalue weighted by molar-refractivity contribution is 0.122. The second kappa shape index (κ2) is 3.58. The lowest BCUT2D eigenvalue weighted by atomic mass is 9.92. The van der Waals surface area contributed by atoms with Gasteiger partial charge in [0.05, 0.1) is 6.10 Å². The van der Waals surface area contributed by atoms with Crippen LogP contribution in [0, 0.1) is 0 Å². The fourth-order valence-electron chi connectivity index (χ4n) is 1.67. The Labute approximate surface area is 74.7 Å². The largest absolute Gasteiger partial charge is 0.387 e. The van der Waals surface area contributed by atoms with Crippen molar-refractivity contribution >= 4 is 0 Å². The third kappa shape index (κ3) is 2.08. The lowest BCUT2D eigenvalue weighted by Gasteiger charge is -2.28. The number of aliphatic hydroxyl groups is 1. The number of rotatable bonds is 2. The maximum absolute atomic E-state index is 9.84. The van der Waals surface area contributed by atoms with E-state index in [1.165, 1.54) is 12.0 Å². The van der Waals surface area contributed by atoms with E-state index in [0.717, 1.165) is 13.0 Å². The molecule has 0 aliphatic carbocycles. The average Bonchev–Trinajstić information content (AvgIpc) is 2.36. The van der Waals surface area contributed by atoms with Crippen molar-refractivity contribution in [3.8, 4) is 0 Å². The number of hydrogen-bond acceptors (Lipinski definition) is 2. The molecule has 1 aliphatic heterocycles. The van der Waals surface area contributed by atoms with Crippen LogP contribution in [0.5, 0.6) is 0 Å². The molecule has 0 bridgehead atoms. The molecular formula is C10H19NO. The highest BCUT2D eigenvalue weighted by atomic mass is 16.3. The second-order valence-corrected chi connectivity index (χ2v) is 4.14. The first-order valence-electron chi connectivity index (χ1n) is 4.63. The molecule has 1 fully saturated rings. The van der Waals surface area contributed by atoms with E-state index in [4.69, 9.17) is 0 Å². The molecule has 2 atom stereocenters. The monoisotopic (exact) mass is 169 g/mol. The van der Waals surface area contributed by atoms with Crippen molar-refractivity contribution in [3.63, 3.8) is 0 Å². The Morgan fingerprint density at radius 1 is 1.58 bits per heavy atom. The van der Waals surface area contributed by atoms with E-state index in [1.54, 1.807) is 0 Å². The third-order valence-electron chi connectivity index (χ3n) is 2.55. The summed E-state index contributed by atoms with van der Waals surface area (Å²) in [6, 6.07) is 0. The molecular weight excluding hydrogens is 150 g/mol. The number of nitrogens with one attached hydrogen (secondary N) is 1. The van der Waals surface area contributed by atoms with Crippen LogP contribution < -0.4 is 5.32 Å². The Bertz CT molecular complexity index is 176. The van der Waals surface area contributed by atoms with Crippen LogP contribution in [0.1, 0.15) is 33.6 Å². The van der Waals surface area contributed by atoms with Crippen LogP contribution in [0.2, 0.25) is 0 Å². The van der Waals surface area contributed by atoms with Crippen molar-refractivity contribution < 1.29 is 5.11 Å². The van der Waals surface area contributed by atoms with Gasteiger partial charge in [0.1, 0.15) is 0 Å². The first-order valence-corrected chi connectivity index (χ1v) is 4.63. The summed E-state index contributed by atoms with van der Waals surface area (Å²) in [4.78, 5) is 0. The number of aliphatic hydroxyl groups excluding tert-OH is 1. The van der Waals surface area contributed by atoms with Gasteiger partial charge in [0.25, 0.3) is 0 Å². The fourth-order valence-corrected chi connectivity index (χ4v) is 1.67. The second-order valence-electron chi connectivity index (χ2n) is 4.14. The molecule has 2 nitrogen and oxygen atoms in total. The maximum Gasteiger partial charge on any atom is 0.0902 e. The SMILES string of the molecule is CC(C)=CC(O)C1(C)CCCN1. The summed E-state index contributed by atoms with van der Waals surface area (Å²) >= 11 is 0. The maximum atomic E-state index is 9.84. The summed E-state index contributed by atoms with van der Waals surface area (Å²) in [5, 5.41) is 13.2. The fraction of sp³-hybridized carbons (Fsp3) is 0.800. The van der Waals surface area contributed by atoms with E-state index in [1.807, 2.05) is 19.9 Å². The molecule has 1 rings (SSSR count). The molecule has 12 heavy (non-hydrogen) atoms. The minimum absolute atomic E-state index is 0.0860. The van der Waals surface area contributed by atoms with Gasteiger partial charge < -0.3 is 10.4 Å². The van der Waals surface area contributed by atoms with Gasteiger partial charge in [-0.15, -0.1) is 0 Å². The Hall–Kier alpha value is -0.340. The van der Waals surface area contributed by atoms with E-state index in [0.29, 0.717) is 0 Å². The summed E-state index contributed by atoms with van der Waals surface area (Å²) in [6.45, 7) is 7.15. The summed E-state index contributed by atoms with van der Waals surface area (Å²) in [5.74, 6) is 0. The van der Waals surface area contributed by atoms with Gasteiger partial charge in [-0.25, -0.2) is 0 Å². The summed E-state index contributed by atoms with van der Waals surface area (Å²) in [6.07, 6.45) is 3.82. The zero-order valence-corrected chi connectivity index (χ0v) is 8.22. The van der Waals surface area contributed by atoms with Gasteiger partial charge in [-0.3, -0.25) is 0 Å². The highest BCUT2D eigenvalue weighted by Crippen LogP contribution is 2.23. The molecule has 2 heteroatoms. The number of allylic oxidation sites excluding steroid dienone is 1. The van der Waals surface area contributed by atoms with E-state index in [9.17, 15) is 5.11 Å². The van der Waals surface area contributed by atoms with Crippen LogP contribution in [0.15, 0.2) is 11.6 Å². The molecule has 0 aromatic heterocycles. The van der Waals surface area contributed by atoms with Crippen LogP contribution >= 0.6 is 0 Å². The van der Waals surface area contributed by atoms with Gasteiger partial charge in [-0.05, 0) is 40.2 Å². The highest BCUT2D eigenvalue weighted by molar-refractivity contribution is 5.08. The van der Waals surface area contributed by atoms with Crippen LogP contribution in [0.25, 0.3) is 0 Å². The van der Waals surface area contributed by atoms with Gasteiger partial charge in [-0.1, -0.05) is 11.6 Å². The Kier molecular flexibility index (Phi) is 2.91. The Morgan fingerprint density at radius 2 is 2.25 bits per heavy atom. The van der Waals surface area contributed by atoms with Crippen molar-refractivity contribution in [1.82, 2.24) is 5.32 Å². The summed E-state index contributed by atoms with van der Waals surface area (Å²) < 4.78 is 0. The molecule has 0 spiro atoms. The molecule has 70 valence electrons. The topological polar surface area (TPSA) is 32.3 Å². The van der Waals surface area contributed by atoms with Crippen LogP contribution in [0.3, 0.4) is 0 Å². The van der Waals surface area contributed by atoms with E-state index < -0.39 is 0 Å². The molecule has 1 heterocycles. The standard InChI is InChI=1S/C10H19NO/c1-8(2)7-9(12)10(3)5-4-6-11-10/h7,9,11-12H,4-6H2,1-3H3. The van der Waals surface area contributed by atoms with Crippen molar-refractivity contribution in [3.05, 3.63) is 11.6 Å². The van der Waals surface area contributed by atoms with E-state index >= 15 is 0 Å². The summed E-state index contributed by atoms with van der Waals surface area (Å²) in [5.41, 5.74) is 1.09. The predicted molar refractivity (Wildman–Crippen MR) is 51.1 cm³/mol. The van der Waals surface area contributed by atoms with Crippen LogP contribution in [0.4, 0.5) is 0 Å². The molecule has 1 aliphatic rings. The van der Waals surface area contributed by atoms with Gasteiger partial charge in [-0.2, -0.15) is 0 Å². The third-order valence-corrected chi connectivity index (χ3v) is 2.55. The minimum Gasteiger partial charge on any atom is -0.387 e. The van der Waals surface area contributed by atoms with Gasteiger partial charge in [0.15, 0.2) is 0 Å². The Balaban J connectivity index is 2.61. The molecule has 0 aromatic carbocycles. The molecule has 0 saturated carbocycles. The molecule has 0 aromatic rings. The predicted octanol–water partition coefficient (Wildman–Crippen LogP) is 1.46. The Morgan fingerprint density at radius 3 is 2.67 bits per heavy atom. The molecule has 0 amide bonds. The van der Waals surface area contributed by atoms with Crippen molar-refractivity contribution in [2.45, 2.75) is 45.3 Å². The van der Waals surface area contributed by atoms with E-state index in [-0.39, 0.29) is 11.6 Å². The summed E-state index contributed by atoms with van der Waals surface area (Å²) in [7, 11) is 0. The molecule has 2 N–H and O–H groups in total. The van der Waals surface area contributed by atoms with Gasteiger partial charge >= 0.3 is 0 Å². The molecule has 0 radical (unpaired) electrons. The van der Waals surface area contributed by atoms with Crippen LogP contribution in [-0.2, 0) is 0 Å². The molecule has 2 unspecified atom stereocenters. The van der Waals surface area contributed by atoms with Crippen LogP contribution in [-0.4, -0.2) is 23.3 Å². The first-order chi connectivity index (χ1) is 5.54. The normalized spacial score (nSPS) is 31.7. The zero-order valence-electron chi connectivity index (χ0n) is 8.22. The van der Waals surface area contributed by atoms with E-state index in [2.05, 4.69) is 12.2 Å². The minimum atomic E-state index is -0.343. The zero-order chi connectivity index (χ0) is 9.19. The highest BCUT2D eigenvalue weighted by Gasteiger charge is 2.33.